The molecule has 0 aliphatic carbocycles. The minimum absolute atomic E-state index is 0.502. The van der Waals surface area contributed by atoms with Gasteiger partial charge in [-0.05, 0) is 40.0 Å². The highest BCUT2D eigenvalue weighted by atomic mass is 79.9. The number of halogens is 1. The molecule has 2 rings (SSSR count). The highest BCUT2D eigenvalue weighted by Gasteiger charge is 2.07. The molecule has 0 saturated heterocycles. The number of aryl methyl sites for hydroxylation is 1. The lowest BCUT2D eigenvalue weighted by molar-refractivity contribution is 0.459. The quantitative estimate of drug-likeness (QED) is 0.903. The van der Waals surface area contributed by atoms with Crippen LogP contribution in [0.5, 0.6) is 11.6 Å². The maximum absolute atomic E-state index is 5.75. The molecule has 0 atom stereocenters. The predicted octanol–water partition coefficient (Wildman–Crippen LogP) is 4.03. The molecule has 5 heteroatoms. The van der Waals surface area contributed by atoms with E-state index < -0.39 is 0 Å². The van der Waals surface area contributed by atoms with Gasteiger partial charge in [-0.2, -0.15) is 4.98 Å². The van der Waals surface area contributed by atoms with Crippen molar-refractivity contribution in [3.63, 3.8) is 0 Å². The Morgan fingerprint density at radius 3 is 2.63 bits per heavy atom. The van der Waals surface area contributed by atoms with E-state index >= 15 is 0 Å². The van der Waals surface area contributed by atoms with Crippen LogP contribution in [0.4, 0.5) is 5.95 Å². The smallest absolute Gasteiger partial charge is 0.238 e. The molecule has 0 unspecified atom stereocenters. The Morgan fingerprint density at radius 2 is 2.00 bits per heavy atom. The Balaban J connectivity index is 2.16. The molecule has 0 bridgehead atoms. The number of ether oxygens (including phenoxy) is 1. The monoisotopic (exact) mass is 321 g/mol. The maximum Gasteiger partial charge on any atom is 0.238 e. The van der Waals surface area contributed by atoms with Gasteiger partial charge in [0.2, 0.25) is 11.8 Å². The van der Waals surface area contributed by atoms with Gasteiger partial charge in [0.05, 0.1) is 10.7 Å². The summed E-state index contributed by atoms with van der Waals surface area (Å²) in [6.45, 7) is 2.17. The molecular weight excluding hydrogens is 306 g/mol. The van der Waals surface area contributed by atoms with E-state index in [0.29, 0.717) is 11.8 Å². The van der Waals surface area contributed by atoms with E-state index in [1.807, 2.05) is 12.1 Å². The first-order valence-corrected chi connectivity index (χ1v) is 6.99. The van der Waals surface area contributed by atoms with Crippen molar-refractivity contribution in [1.82, 2.24) is 9.97 Å². The van der Waals surface area contributed by atoms with Crippen molar-refractivity contribution in [2.24, 2.45) is 0 Å². The van der Waals surface area contributed by atoms with Gasteiger partial charge in [0.25, 0.3) is 0 Å². The average molecular weight is 322 g/mol. The van der Waals surface area contributed by atoms with Gasteiger partial charge in [0.1, 0.15) is 5.75 Å². The number of nitrogens with one attached hydrogen (secondary N) is 1. The van der Waals surface area contributed by atoms with Crippen LogP contribution in [-0.2, 0) is 6.42 Å². The summed E-state index contributed by atoms with van der Waals surface area (Å²) in [6.07, 6.45) is 3.89. The zero-order chi connectivity index (χ0) is 13.7. The SMILES string of the molecule is CCCc1ccc(Oc2nc(NC)ncc2Br)cc1. The van der Waals surface area contributed by atoms with Crippen molar-refractivity contribution in [3.8, 4) is 11.6 Å². The number of hydrogen-bond acceptors (Lipinski definition) is 4. The van der Waals surface area contributed by atoms with Crippen LogP contribution in [-0.4, -0.2) is 17.0 Å². The number of hydrogen-bond donors (Lipinski definition) is 1. The van der Waals surface area contributed by atoms with Crippen molar-refractivity contribution in [2.75, 3.05) is 12.4 Å². The highest BCUT2D eigenvalue weighted by Crippen LogP contribution is 2.28. The third-order valence-corrected chi connectivity index (χ3v) is 3.16. The molecule has 2 aromatic rings. The summed E-state index contributed by atoms with van der Waals surface area (Å²) < 4.78 is 6.47. The first-order valence-electron chi connectivity index (χ1n) is 6.20. The normalized spacial score (nSPS) is 10.3. The Hall–Kier alpha value is -1.62. The highest BCUT2D eigenvalue weighted by molar-refractivity contribution is 9.10. The van der Waals surface area contributed by atoms with E-state index in [-0.39, 0.29) is 0 Å². The standard InChI is InChI=1S/C14H16BrN3O/c1-3-4-10-5-7-11(8-6-10)19-13-12(15)9-17-14(16-2)18-13/h5-9H,3-4H2,1-2H3,(H,16,17,18). The molecular formula is C14H16BrN3O. The second-order valence-corrected chi connectivity index (χ2v) is 4.95. The van der Waals surface area contributed by atoms with Gasteiger partial charge in [-0.15, -0.1) is 0 Å². The van der Waals surface area contributed by atoms with E-state index in [0.717, 1.165) is 23.1 Å². The van der Waals surface area contributed by atoms with Gasteiger partial charge < -0.3 is 10.1 Å². The fraction of sp³-hybridized carbons (Fsp3) is 0.286. The summed E-state index contributed by atoms with van der Waals surface area (Å²) in [5.74, 6) is 1.80. The minimum Gasteiger partial charge on any atom is -0.438 e. The van der Waals surface area contributed by atoms with E-state index in [2.05, 4.69) is 50.3 Å². The Kier molecular flexibility index (Phi) is 4.74. The molecule has 0 radical (unpaired) electrons. The summed E-state index contributed by atoms with van der Waals surface area (Å²) in [5, 5.41) is 2.88. The zero-order valence-electron chi connectivity index (χ0n) is 11.0. The molecule has 0 fully saturated rings. The molecule has 4 nitrogen and oxygen atoms in total. The zero-order valence-corrected chi connectivity index (χ0v) is 12.6. The first kappa shape index (κ1) is 13.8. The van der Waals surface area contributed by atoms with Gasteiger partial charge in [-0.25, -0.2) is 4.98 Å². The largest absolute Gasteiger partial charge is 0.438 e. The van der Waals surface area contributed by atoms with Gasteiger partial charge in [0, 0.05) is 7.05 Å². The van der Waals surface area contributed by atoms with Crippen LogP contribution < -0.4 is 10.1 Å². The second-order valence-electron chi connectivity index (χ2n) is 4.09. The van der Waals surface area contributed by atoms with E-state index in [1.165, 1.54) is 5.56 Å². The summed E-state index contributed by atoms with van der Waals surface area (Å²) >= 11 is 3.38. The maximum atomic E-state index is 5.75. The molecule has 0 aliphatic rings. The van der Waals surface area contributed by atoms with Gasteiger partial charge in [-0.1, -0.05) is 25.5 Å². The number of nitrogens with zero attached hydrogens (tertiary/aromatic N) is 2. The first-order chi connectivity index (χ1) is 9.22. The molecule has 1 heterocycles. The third kappa shape index (κ3) is 3.67. The number of aromatic nitrogens is 2. The van der Waals surface area contributed by atoms with Crippen molar-refractivity contribution in [2.45, 2.75) is 19.8 Å². The lowest BCUT2D eigenvalue weighted by Gasteiger charge is -2.08. The van der Waals surface area contributed by atoms with Gasteiger partial charge >= 0.3 is 0 Å². The van der Waals surface area contributed by atoms with Crippen LogP contribution in [0.3, 0.4) is 0 Å². The number of anilines is 1. The Bertz CT molecular complexity index is 543. The van der Waals surface area contributed by atoms with E-state index in [9.17, 15) is 0 Å². The number of benzene rings is 1. The van der Waals surface area contributed by atoms with Gasteiger partial charge in [0.15, 0.2) is 0 Å². The lowest BCUT2D eigenvalue weighted by Crippen LogP contribution is -1.98. The summed E-state index contributed by atoms with van der Waals surface area (Å²) in [7, 11) is 1.77. The van der Waals surface area contributed by atoms with Crippen molar-refractivity contribution in [1.29, 1.82) is 0 Å². The fourth-order valence-corrected chi connectivity index (χ4v) is 1.94. The van der Waals surface area contributed by atoms with Gasteiger partial charge in [-0.3, -0.25) is 0 Å². The predicted molar refractivity (Wildman–Crippen MR) is 79.8 cm³/mol. The lowest BCUT2D eigenvalue weighted by atomic mass is 10.1. The van der Waals surface area contributed by atoms with Crippen LogP contribution in [0.25, 0.3) is 0 Å². The number of rotatable bonds is 5. The second kappa shape index (κ2) is 6.52. The summed E-state index contributed by atoms with van der Waals surface area (Å²) in [5.41, 5.74) is 1.31. The average Bonchev–Trinajstić information content (AvgIpc) is 2.44. The molecule has 19 heavy (non-hydrogen) atoms. The molecule has 1 aromatic carbocycles. The minimum atomic E-state index is 0.502. The molecule has 1 aromatic heterocycles. The summed E-state index contributed by atoms with van der Waals surface area (Å²) in [6, 6.07) is 8.07. The van der Waals surface area contributed by atoms with Crippen LogP contribution >= 0.6 is 15.9 Å². The topological polar surface area (TPSA) is 47.0 Å². The van der Waals surface area contributed by atoms with Crippen molar-refractivity contribution < 1.29 is 4.74 Å². The molecule has 0 spiro atoms. The van der Waals surface area contributed by atoms with Crippen molar-refractivity contribution >= 4 is 21.9 Å². The molecule has 100 valence electrons. The Labute approximate surface area is 121 Å². The molecule has 0 amide bonds. The van der Waals surface area contributed by atoms with E-state index in [1.54, 1.807) is 13.2 Å². The fourth-order valence-electron chi connectivity index (χ4n) is 1.67. The summed E-state index contributed by atoms with van der Waals surface area (Å²) in [4.78, 5) is 8.34. The van der Waals surface area contributed by atoms with Crippen LogP contribution in [0.2, 0.25) is 0 Å². The van der Waals surface area contributed by atoms with Crippen molar-refractivity contribution in [3.05, 3.63) is 40.5 Å². The molecule has 0 saturated carbocycles. The third-order valence-electron chi connectivity index (χ3n) is 2.61. The molecule has 0 aliphatic heterocycles. The van der Waals surface area contributed by atoms with Crippen LogP contribution in [0.1, 0.15) is 18.9 Å². The molecule has 1 N–H and O–H groups in total. The van der Waals surface area contributed by atoms with Crippen LogP contribution in [0.15, 0.2) is 34.9 Å². The Morgan fingerprint density at radius 1 is 1.26 bits per heavy atom. The van der Waals surface area contributed by atoms with Crippen LogP contribution in [0, 0.1) is 0 Å². The van der Waals surface area contributed by atoms with E-state index in [4.69, 9.17) is 4.74 Å².